The number of aromatic hydroxyl groups is 1. The molecule has 0 radical (unpaired) electrons. The number of anilines is 2. The number of ether oxygens (including phenoxy) is 4. The molecule has 0 spiro atoms. The Labute approximate surface area is 361 Å². The van der Waals surface area contributed by atoms with Gasteiger partial charge in [-0.3, -0.25) is 19.4 Å². The lowest BCUT2D eigenvalue weighted by Gasteiger charge is -2.41. The van der Waals surface area contributed by atoms with Crippen LogP contribution in [0.5, 0.6) is 23.0 Å². The van der Waals surface area contributed by atoms with Crippen molar-refractivity contribution in [1.29, 1.82) is 0 Å². The molecular formula is C50H53N5O7. The van der Waals surface area contributed by atoms with Crippen molar-refractivity contribution in [3.8, 4) is 34.3 Å². The van der Waals surface area contributed by atoms with Gasteiger partial charge in [0.15, 0.2) is 11.5 Å². The molecule has 4 aromatic carbocycles. The number of aromatic nitrogens is 2. The number of amides is 2. The first-order valence-electron chi connectivity index (χ1n) is 22.0. The predicted octanol–water partition coefficient (Wildman–Crippen LogP) is 8.13. The summed E-state index contributed by atoms with van der Waals surface area (Å²) in [6, 6.07) is 26.7. The molecule has 1 atom stereocenters. The molecular weight excluding hydrogens is 783 g/mol. The van der Waals surface area contributed by atoms with Gasteiger partial charge in [-0.2, -0.15) is 0 Å². The molecule has 2 aromatic heterocycles. The third-order valence-electron chi connectivity index (χ3n) is 12.9. The molecule has 6 aromatic rings. The first-order valence-corrected chi connectivity index (χ1v) is 22.0. The zero-order chi connectivity index (χ0) is 42.3. The SMILES string of the molecule is CCOc1cccc2c1C[C@@H](CN1CCOCC1)N(C(=O)c1cc3c(cc1-c1cc(C(=O)N(c4ccc(O)cc4)c4ccc5c(ccn5C)c4)c4n1CCCC4)OCCCO3)C2. The van der Waals surface area contributed by atoms with Crippen LogP contribution in [0.2, 0.25) is 0 Å². The molecule has 6 heterocycles. The highest BCUT2D eigenvalue weighted by Crippen LogP contribution is 2.43. The third-order valence-corrected chi connectivity index (χ3v) is 12.9. The summed E-state index contributed by atoms with van der Waals surface area (Å²) in [5.41, 5.74) is 8.18. The van der Waals surface area contributed by atoms with Gasteiger partial charge in [0.05, 0.1) is 44.2 Å². The van der Waals surface area contributed by atoms with Crippen LogP contribution in [0.4, 0.5) is 11.4 Å². The molecule has 2 amide bonds. The lowest BCUT2D eigenvalue weighted by atomic mass is 9.91. The molecule has 10 rings (SSSR count). The summed E-state index contributed by atoms with van der Waals surface area (Å²) in [4.78, 5) is 37.1. The highest BCUT2D eigenvalue weighted by atomic mass is 16.5. The second-order valence-corrected chi connectivity index (χ2v) is 16.8. The number of rotatable bonds is 9. The highest BCUT2D eigenvalue weighted by molar-refractivity contribution is 6.13. The lowest BCUT2D eigenvalue weighted by molar-refractivity contribution is 0.0191. The van der Waals surface area contributed by atoms with Crippen LogP contribution >= 0.6 is 0 Å². The van der Waals surface area contributed by atoms with Crippen LogP contribution in [-0.4, -0.2) is 94.6 Å². The number of benzene rings is 4. The van der Waals surface area contributed by atoms with Crippen LogP contribution in [0.3, 0.4) is 0 Å². The van der Waals surface area contributed by atoms with Crippen LogP contribution in [0.1, 0.15) is 63.7 Å². The van der Waals surface area contributed by atoms with Crippen LogP contribution in [0, 0.1) is 0 Å². The lowest BCUT2D eigenvalue weighted by Crippen LogP contribution is -2.52. The number of fused-ring (bicyclic) bond motifs is 4. The van der Waals surface area contributed by atoms with Crippen molar-refractivity contribution in [2.24, 2.45) is 7.05 Å². The van der Waals surface area contributed by atoms with Crippen LogP contribution in [-0.2, 0) is 37.7 Å². The smallest absolute Gasteiger partial charge is 0.264 e. The van der Waals surface area contributed by atoms with E-state index < -0.39 is 0 Å². The first-order chi connectivity index (χ1) is 30.3. The topological polar surface area (TPSA) is 111 Å². The molecule has 62 heavy (non-hydrogen) atoms. The van der Waals surface area contributed by atoms with E-state index in [4.69, 9.17) is 18.9 Å². The van der Waals surface area contributed by atoms with Crippen molar-refractivity contribution >= 4 is 34.1 Å². The number of carbonyl (C=O) groups is 2. The first kappa shape index (κ1) is 39.9. The molecule has 320 valence electrons. The molecule has 12 nitrogen and oxygen atoms in total. The number of hydrogen-bond donors (Lipinski definition) is 1. The number of morpholine rings is 1. The molecule has 12 heteroatoms. The molecule has 0 aliphatic carbocycles. The average Bonchev–Trinajstić information content (AvgIpc) is 3.78. The van der Waals surface area contributed by atoms with E-state index in [1.54, 1.807) is 29.2 Å². The van der Waals surface area contributed by atoms with Crippen molar-refractivity contribution in [2.75, 3.05) is 57.6 Å². The van der Waals surface area contributed by atoms with Crippen LogP contribution in [0.15, 0.2) is 91.1 Å². The zero-order valence-electron chi connectivity index (χ0n) is 35.5. The fraction of sp³-hybridized carbons (Fsp3) is 0.360. The summed E-state index contributed by atoms with van der Waals surface area (Å²) < 4.78 is 28.7. The Morgan fingerprint density at radius 3 is 2.44 bits per heavy atom. The van der Waals surface area contributed by atoms with Crippen LogP contribution in [0.25, 0.3) is 22.2 Å². The summed E-state index contributed by atoms with van der Waals surface area (Å²) in [5, 5.41) is 11.3. The number of phenols is 1. The van der Waals surface area contributed by atoms with Crippen molar-refractivity contribution in [2.45, 2.75) is 58.2 Å². The predicted molar refractivity (Wildman–Crippen MR) is 238 cm³/mol. The van der Waals surface area contributed by atoms with Gasteiger partial charge in [0.25, 0.3) is 11.8 Å². The number of hydrogen-bond acceptors (Lipinski definition) is 8. The molecule has 0 saturated carbocycles. The Balaban J connectivity index is 1.10. The number of phenolic OH excluding ortho intramolecular Hbond substituents is 1. The standard InChI is InChI=1S/C50H53N5O7/c1-3-60-46-10-6-8-34-31-54(37(27-39(34)46)32-52-20-24-59-25-21-52)49(57)41-30-48-47(61-22-7-23-62-48)29-40(41)45-28-42(44-9-4-5-18-53(44)45)50(58)55(35-11-14-38(56)15-12-35)36-13-16-43-33(26-36)17-19-51(43)2/h6,8,10-17,19,26,28-30,37,56H,3-5,7,9,18,20-25,27,31-32H2,1-2H3/t37-/m0/s1. The fourth-order valence-electron chi connectivity index (χ4n) is 9.77. The van der Waals surface area contributed by atoms with E-state index in [2.05, 4.69) is 20.1 Å². The fourth-order valence-corrected chi connectivity index (χ4v) is 9.77. The molecule has 0 bridgehead atoms. The number of aryl methyl sites for hydroxylation is 1. The number of carbonyl (C=O) groups excluding carboxylic acids is 2. The molecule has 4 aliphatic rings. The Morgan fingerprint density at radius 1 is 0.839 bits per heavy atom. The highest BCUT2D eigenvalue weighted by Gasteiger charge is 2.37. The number of nitrogens with zero attached hydrogens (tertiary/aromatic N) is 5. The van der Waals surface area contributed by atoms with Gasteiger partial charge in [0.1, 0.15) is 11.5 Å². The summed E-state index contributed by atoms with van der Waals surface area (Å²) in [6.07, 6.45) is 5.98. The monoisotopic (exact) mass is 835 g/mol. The zero-order valence-corrected chi connectivity index (χ0v) is 35.5. The summed E-state index contributed by atoms with van der Waals surface area (Å²) in [7, 11) is 2.01. The Kier molecular flexibility index (Phi) is 10.9. The van der Waals surface area contributed by atoms with Crippen LogP contribution < -0.4 is 19.1 Å². The van der Waals surface area contributed by atoms with E-state index in [1.165, 1.54) is 0 Å². The Hall–Kier alpha value is -6.24. The normalized spacial score (nSPS) is 17.6. The van der Waals surface area contributed by atoms with Crippen molar-refractivity contribution < 1.29 is 33.6 Å². The summed E-state index contributed by atoms with van der Waals surface area (Å²) in [5.74, 6) is 1.85. The van der Waals surface area contributed by atoms with Crippen molar-refractivity contribution in [3.05, 3.63) is 119 Å². The maximum Gasteiger partial charge on any atom is 0.264 e. The minimum absolute atomic E-state index is 0.0949. The maximum absolute atomic E-state index is 15.6. The van der Waals surface area contributed by atoms with Gasteiger partial charge in [-0.05, 0) is 111 Å². The molecule has 1 fully saturated rings. The van der Waals surface area contributed by atoms with E-state index in [0.29, 0.717) is 105 Å². The molecule has 0 unspecified atom stereocenters. The van der Waals surface area contributed by atoms with E-state index >= 15 is 9.59 Å². The van der Waals surface area contributed by atoms with Gasteiger partial charge in [0, 0.05) is 103 Å². The quantitative estimate of drug-likeness (QED) is 0.156. The van der Waals surface area contributed by atoms with Crippen molar-refractivity contribution in [3.63, 3.8) is 0 Å². The minimum Gasteiger partial charge on any atom is -0.508 e. The second kappa shape index (κ2) is 16.9. The Bertz CT molecular complexity index is 2640. The minimum atomic E-state index is -0.187. The third kappa shape index (κ3) is 7.45. The molecule has 1 N–H and O–H groups in total. The maximum atomic E-state index is 15.6. The summed E-state index contributed by atoms with van der Waals surface area (Å²) in [6.45, 7) is 8.33. The van der Waals surface area contributed by atoms with Gasteiger partial charge in [-0.15, -0.1) is 0 Å². The average molecular weight is 836 g/mol. The van der Waals surface area contributed by atoms with Crippen molar-refractivity contribution in [1.82, 2.24) is 18.9 Å². The van der Waals surface area contributed by atoms with Gasteiger partial charge >= 0.3 is 0 Å². The van der Waals surface area contributed by atoms with Gasteiger partial charge in [0.2, 0.25) is 0 Å². The largest absolute Gasteiger partial charge is 0.508 e. The van der Waals surface area contributed by atoms with E-state index in [1.807, 2.05) is 79.7 Å². The summed E-state index contributed by atoms with van der Waals surface area (Å²) >= 11 is 0. The van der Waals surface area contributed by atoms with E-state index in [-0.39, 0.29) is 23.6 Å². The van der Waals surface area contributed by atoms with E-state index in [0.717, 1.165) is 71.5 Å². The van der Waals surface area contributed by atoms with Gasteiger partial charge in [-0.25, -0.2) is 0 Å². The van der Waals surface area contributed by atoms with Gasteiger partial charge in [-0.1, -0.05) is 12.1 Å². The molecule has 4 aliphatic heterocycles. The Morgan fingerprint density at radius 2 is 1.63 bits per heavy atom. The van der Waals surface area contributed by atoms with Gasteiger partial charge < -0.3 is 38.1 Å². The van der Waals surface area contributed by atoms with E-state index in [9.17, 15) is 5.11 Å². The second-order valence-electron chi connectivity index (χ2n) is 16.8. The molecule has 1 saturated heterocycles.